The van der Waals surface area contributed by atoms with E-state index in [4.69, 9.17) is 4.74 Å². The van der Waals surface area contributed by atoms with Gasteiger partial charge in [0.1, 0.15) is 23.3 Å². The molecule has 688 valence electrons. The van der Waals surface area contributed by atoms with Crippen LogP contribution in [0.1, 0.15) is 84.0 Å². The van der Waals surface area contributed by atoms with E-state index in [2.05, 4.69) is 87.8 Å². The summed E-state index contributed by atoms with van der Waals surface area (Å²) in [6.45, 7) is 20.6. The molecule has 14 heterocycles. The number of nitrogens with zero attached hydrogens (tertiary/aromatic N) is 17. The Balaban J connectivity index is 0.000000136. The van der Waals surface area contributed by atoms with Crippen molar-refractivity contribution in [3.05, 3.63) is 313 Å². The van der Waals surface area contributed by atoms with Gasteiger partial charge in [-0.3, -0.25) is 61.6 Å². The minimum absolute atomic E-state index is 0.176. The predicted octanol–water partition coefficient (Wildman–Crippen LogP) is 15.8. The number of rotatable bonds is 27. The summed E-state index contributed by atoms with van der Waals surface area (Å²) in [5, 5.41) is 11.9. The number of aryl methyl sites for hydroxylation is 4. The summed E-state index contributed by atoms with van der Waals surface area (Å²) in [6.07, 6.45) is 23.9. The second-order valence-electron chi connectivity index (χ2n) is 33.9. The fraction of sp³-hybridized carbons (Fsp3) is 0.269. The molecule has 4 N–H and O–H groups in total. The monoisotopic (exact) mass is 1810 g/mol. The Labute approximate surface area is 775 Å². The Morgan fingerprint density at radius 2 is 0.664 bits per heavy atom. The van der Waals surface area contributed by atoms with Gasteiger partial charge in [-0.15, -0.1) is 0 Å². The van der Waals surface area contributed by atoms with Crippen LogP contribution in [0, 0.1) is 51.0 Å². The van der Waals surface area contributed by atoms with E-state index in [1.165, 1.54) is 24.3 Å². The lowest BCUT2D eigenvalue weighted by molar-refractivity contribution is 0.0374. The molecule has 26 nitrogen and oxygen atoms in total. The van der Waals surface area contributed by atoms with Gasteiger partial charge < -0.3 is 45.6 Å². The molecule has 0 atom stereocenters. The van der Waals surface area contributed by atoms with E-state index < -0.39 is 0 Å². The summed E-state index contributed by atoms with van der Waals surface area (Å²) in [6, 6.07) is 51.1. The Morgan fingerprint density at radius 3 is 1.02 bits per heavy atom. The highest BCUT2D eigenvalue weighted by Gasteiger charge is 2.24. The lowest BCUT2D eigenvalue weighted by Gasteiger charge is -2.32. The zero-order valence-electron chi connectivity index (χ0n) is 76.7. The van der Waals surface area contributed by atoms with Crippen molar-refractivity contribution in [3.63, 3.8) is 0 Å². The molecule has 0 bridgehead atoms. The molecule has 0 radical (unpaired) electrons. The lowest BCUT2D eigenvalue weighted by atomic mass is 9.99. The number of halogens is 4. The van der Waals surface area contributed by atoms with Crippen LogP contribution in [0.4, 0.5) is 17.6 Å². The number of aromatic nitrogens is 12. The number of fused-ring (bicyclic) bond motifs is 4. The smallest absolute Gasteiger partial charge is 0.287 e. The van der Waals surface area contributed by atoms with Crippen LogP contribution in [-0.2, 0) is 4.74 Å². The predicted molar refractivity (Wildman–Crippen MR) is 516 cm³/mol. The number of morpholine rings is 1. The molecule has 2 fully saturated rings. The van der Waals surface area contributed by atoms with Crippen LogP contribution in [0.3, 0.4) is 0 Å². The molecular formula is C104H109F4N21O5. The summed E-state index contributed by atoms with van der Waals surface area (Å²) in [7, 11) is 10.1. The van der Waals surface area contributed by atoms with E-state index in [0.717, 1.165) is 210 Å². The minimum Gasteiger partial charge on any atom is -0.379 e. The second kappa shape index (κ2) is 44.2. The van der Waals surface area contributed by atoms with E-state index in [1.807, 2.05) is 161 Å². The van der Waals surface area contributed by atoms with E-state index in [0.29, 0.717) is 71.7 Å². The van der Waals surface area contributed by atoms with Crippen molar-refractivity contribution >= 4 is 45.7 Å². The first kappa shape index (κ1) is 94.3. The third-order valence-corrected chi connectivity index (χ3v) is 23.6. The van der Waals surface area contributed by atoms with E-state index in [-0.39, 0.29) is 46.9 Å². The number of ether oxygens (including phenoxy) is 1. The fourth-order valence-corrected chi connectivity index (χ4v) is 16.1. The molecule has 0 aliphatic carbocycles. The Hall–Kier alpha value is -14.4. The van der Waals surface area contributed by atoms with E-state index in [1.54, 1.807) is 137 Å². The number of hydrogen-bond acceptors (Lipinski definition) is 18. The molecular weight excluding hydrogens is 1700 g/mol. The molecule has 2 aliphatic heterocycles. The highest BCUT2D eigenvalue weighted by atomic mass is 19.1. The number of imidazole rings is 4. The Kier molecular flexibility index (Phi) is 31.1. The second-order valence-corrected chi connectivity index (χ2v) is 33.9. The molecule has 0 unspecified atom stereocenters. The molecule has 12 aromatic heterocycles. The van der Waals surface area contributed by atoms with Gasteiger partial charge in [-0.1, -0.05) is 42.5 Å². The summed E-state index contributed by atoms with van der Waals surface area (Å²) in [5.41, 5.74) is 19.2. The van der Waals surface area contributed by atoms with Gasteiger partial charge in [-0.2, -0.15) is 0 Å². The van der Waals surface area contributed by atoms with E-state index in [9.17, 15) is 36.7 Å². The van der Waals surface area contributed by atoms with Crippen LogP contribution in [0.5, 0.6) is 0 Å². The van der Waals surface area contributed by atoms with Crippen molar-refractivity contribution in [2.24, 2.45) is 0 Å². The lowest BCUT2D eigenvalue weighted by Crippen LogP contribution is -2.45. The highest BCUT2D eigenvalue weighted by molar-refractivity contribution is 5.95. The van der Waals surface area contributed by atoms with Crippen LogP contribution in [0.15, 0.2) is 244 Å². The molecule has 0 saturated carbocycles. The maximum atomic E-state index is 13.8. The fourth-order valence-electron chi connectivity index (χ4n) is 16.1. The van der Waals surface area contributed by atoms with Crippen molar-refractivity contribution in [1.82, 2.24) is 103 Å². The first-order valence-electron chi connectivity index (χ1n) is 44.9. The average molecular weight is 1810 g/mol. The number of piperazine rings is 1. The van der Waals surface area contributed by atoms with Crippen molar-refractivity contribution in [3.8, 4) is 89.5 Å². The molecule has 4 amide bonds. The number of pyridine rings is 8. The van der Waals surface area contributed by atoms with Gasteiger partial charge in [-0.05, 0) is 257 Å². The topological polar surface area (TPSA) is 263 Å². The maximum Gasteiger partial charge on any atom is 0.287 e. The number of carbonyl (C=O) groups is 4. The number of nitrogens with one attached hydrogen (secondary N) is 4. The largest absolute Gasteiger partial charge is 0.379 e. The van der Waals surface area contributed by atoms with Gasteiger partial charge in [0.05, 0.1) is 82.8 Å². The van der Waals surface area contributed by atoms with Gasteiger partial charge in [0.15, 0.2) is 0 Å². The average Bonchev–Trinajstić information content (AvgIpc) is 1.59. The molecule has 30 heteroatoms. The highest BCUT2D eigenvalue weighted by Crippen LogP contribution is 2.37. The van der Waals surface area contributed by atoms with Crippen LogP contribution in [-0.4, -0.2) is 246 Å². The summed E-state index contributed by atoms with van der Waals surface area (Å²) in [4.78, 5) is 97.9. The van der Waals surface area contributed by atoms with Gasteiger partial charge in [0.2, 0.25) is 23.3 Å². The van der Waals surface area contributed by atoms with Crippen LogP contribution < -0.4 is 21.3 Å². The maximum absolute atomic E-state index is 13.8. The zero-order chi connectivity index (χ0) is 93.9. The Bertz CT molecular complexity index is 6850. The standard InChI is InChI=1S/C28H31FN6O.C27H28FN5O2.C25H26FN5O.C24H24FN5O/c1-20-17-22(6-7-25(20)29)26-24(5-3-9-30-26)21-8-12-35-23(18-21)19-32-27(35)28(36)31-10-4-11-34-15-13-33(2)14-16-34;1-19-16-20(6-8-24(19)28)25-23(4-2-9-29-25)21-5-7-22-17-31-26(33(22)18-21)27(34)30-10-3-11-32-12-14-35-15-13-32;1-17-14-18(8-10-22(17)26)23-21(6-4-11-27-23)19-7-9-20-15-29-24(31(20)16-19)25(32)28-12-5-13-30(2)3;1-16-13-17(7-9-21(16)25)22-20(5-4-10-26-22)18-6-8-19-14-28-23(30(19)15-18)24(31)27-11-12-29(2)3/h3,5-9,12,17-19H,4,10-11,13-16H2,1-2H3,(H,31,36);2,4-9,16-18H,3,10-15H2,1H3,(H,30,34);4,6-11,14-16H,5,12-13H2,1-3H3,(H,28,32);4-10,13-15H,11-12H2,1-3H3,(H,27,31). The molecule has 4 aromatic carbocycles. The van der Waals surface area contributed by atoms with Crippen LogP contribution in [0.25, 0.3) is 112 Å². The number of amides is 4. The number of hydrogen-bond donors (Lipinski definition) is 4. The number of benzene rings is 4. The van der Waals surface area contributed by atoms with Crippen molar-refractivity contribution in [2.75, 3.05) is 140 Å². The summed E-state index contributed by atoms with van der Waals surface area (Å²) >= 11 is 0. The van der Waals surface area contributed by atoms with Crippen LogP contribution >= 0.6 is 0 Å². The van der Waals surface area contributed by atoms with Crippen molar-refractivity contribution in [2.45, 2.75) is 47.0 Å². The van der Waals surface area contributed by atoms with Crippen molar-refractivity contribution < 1.29 is 41.5 Å². The quantitative estimate of drug-likeness (QED) is 0.0275. The minimum atomic E-state index is -0.244. The van der Waals surface area contributed by atoms with Gasteiger partial charge in [-0.25, -0.2) is 37.5 Å². The van der Waals surface area contributed by atoms with Crippen LogP contribution in [0.2, 0.25) is 0 Å². The van der Waals surface area contributed by atoms with Gasteiger partial charge in [0, 0.05) is 183 Å². The molecule has 2 aliphatic rings. The third-order valence-electron chi connectivity index (χ3n) is 23.6. The molecule has 134 heavy (non-hydrogen) atoms. The van der Waals surface area contributed by atoms with Gasteiger partial charge in [0.25, 0.3) is 23.6 Å². The van der Waals surface area contributed by atoms with Crippen molar-refractivity contribution in [1.29, 1.82) is 0 Å². The first-order chi connectivity index (χ1) is 65.0. The SMILES string of the molecule is Cc1cc(-c2ncccc2-c2ccc3cnc(C(=O)NCCCN(C)C)n3c2)ccc1F.Cc1cc(-c2ncccc2-c2ccc3cnc(C(=O)NCCCN4CCOCC4)n3c2)ccc1F.Cc1cc(-c2ncccc2-c2ccc3cnc(C(=O)NCCN(C)C)n3c2)ccc1F.Cc1cc(-c2ncccc2-c2ccn3c(C(=O)NCCCN4CCN(C)CC4)ncc3c2)ccc1F. The number of carbonyl (C=O) groups excluding carboxylic acids is 4. The first-order valence-corrected chi connectivity index (χ1v) is 44.9. The summed E-state index contributed by atoms with van der Waals surface area (Å²) < 4.78 is 67.7. The summed E-state index contributed by atoms with van der Waals surface area (Å²) in [5.74, 6) is -0.385. The normalized spacial score (nSPS) is 13.0. The Morgan fingerprint density at radius 1 is 0.343 bits per heavy atom. The molecule has 2 saturated heterocycles. The third kappa shape index (κ3) is 23.2. The molecule has 18 rings (SSSR count). The number of likely N-dealkylation sites (N-methyl/N-ethyl adjacent to an activating group) is 2. The molecule has 0 spiro atoms. The molecule has 16 aromatic rings. The van der Waals surface area contributed by atoms with E-state index >= 15 is 0 Å². The zero-order valence-corrected chi connectivity index (χ0v) is 76.7. The van der Waals surface area contributed by atoms with Gasteiger partial charge >= 0.3 is 0 Å².